The topological polar surface area (TPSA) is 20.2 Å². The van der Waals surface area contributed by atoms with Crippen molar-refractivity contribution >= 4 is 9.47 Å². The smallest absolute Gasteiger partial charge is 0.00391 e. The molecule has 1 nitrogen and oxygen atoms in total. The molecule has 0 spiro atoms. The van der Waals surface area contributed by atoms with Gasteiger partial charge in [0.2, 0.25) is 0 Å². The molecule has 0 aliphatic carbocycles. The summed E-state index contributed by atoms with van der Waals surface area (Å²) in [4.78, 5) is 6.92. The minimum Gasteiger partial charge on any atom is -0.380 e. The van der Waals surface area contributed by atoms with Crippen LogP contribution in [0.15, 0.2) is 0 Å². The lowest BCUT2D eigenvalue weighted by molar-refractivity contribution is 0.531. The molecular weight excluding hydrogens is 263 g/mol. The van der Waals surface area contributed by atoms with Crippen molar-refractivity contribution in [3.63, 3.8) is 0 Å². The van der Waals surface area contributed by atoms with Gasteiger partial charge in [-0.3, -0.25) is 0 Å². The molecule has 124 valence electrons. The van der Waals surface area contributed by atoms with E-state index in [4.69, 9.17) is 4.89 Å². The number of hydrogen-bond donors (Lipinski definition) is 1. The largest absolute Gasteiger partial charge is 0.380 e. The lowest BCUT2D eigenvalue weighted by Crippen LogP contribution is -1.83. The van der Waals surface area contributed by atoms with Gasteiger partial charge < -0.3 is 4.89 Å². The quantitative estimate of drug-likeness (QED) is 0.254. The molecule has 1 N–H and O–H groups in total. The highest BCUT2D eigenvalue weighted by Gasteiger charge is 1.93. The van der Waals surface area contributed by atoms with Gasteiger partial charge >= 0.3 is 0 Å². The van der Waals surface area contributed by atoms with Crippen LogP contribution in [0.2, 0.25) is 0 Å². The van der Waals surface area contributed by atoms with Crippen molar-refractivity contribution in [3.05, 3.63) is 0 Å². The summed E-state index contributed by atoms with van der Waals surface area (Å²) in [7, 11) is 1.42. The second-order valence-electron chi connectivity index (χ2n) is 5.95. The fraction of sp³-hybridized carbons (Fsp3) is 1.00. The molecular formula is C18H41OP. The summed E-state index contributed by atoms with van der Waals surface area (Å²) in [6.45, 7) is 4.59. The van der Waals surface area contributed by atoms with Gasteiger partial charge in [-0.05, 0) is 9.47 Å². The molecule has 0 amide bonds. The summed E-state index contributed by atoms with van der Waals surface area (Å²) in [6.07, 6.45) is 23.4. The van der Waals surface area contributed by atoms with E-state index in [1.807, 2.05) is 0 Å². The van der Waals surface area contributed by atoms with E-state index in [-0.39, 0.29) is 0 Å². The van der Waals surface area contributed by atoms with Crippen LogP contribution in [0.5, 0.6) is 0 Å². The third-order valence-electron chi connectivity index (χ3n) is 3.96. The molecule has 0 aromatic carbocycles. The predicted molar refractivity (Wildman–Crippen MR) is 97.1 cm³/mol. The van der Waals surface area contributed by atoms with Crippen LogP contribution in [0.25, 0.3) is 0 Å². The normalized spacial score (nSPS) is 10.2. The zero-order valence-corrected chi connectivity index (χ0v) is 15.5. The van der Waals surface area contributed by atoms with Gasteiger partial charge in [-0.2, -0.15) is 0 Å². The highest BCUT2D eigenvalue weighted by Crippen LogP contribution is 2.13. The van der Waals surface area contributed by atoms with Crippen LogP contribution in [0.3, 0.4) is 0 Å². The highest BCUT2D eigenvalue weighted by atomic mass is 31.0. The second kappa shape index (κ2) is 24.4. The predicted octanol–water partition coefficient (Wildman–Crippen LogP) is 7.04. The first-order chi connectivity index (χ1) is 9.91. The van der Waals surface area contributed by atoms with E-state index in [0.29, 0.717) is 0 Å². The number of hydrogen-bond acceptors (Lipinski definition) is 1. The first-order valence-corrected chi connectivity index (χ1v) is 9.69. The molecule has 1 unspecified atom stereocenters. The third kappa shape index (κ3) is 23.5. The van der Waals surface area contributed by atoms with Crippen molar-refractivity contribution in [2.24, 2.45) is 0 Å². The van der Waals surface area contributed by atoms with Gasteiger partial charge in [0, 0.05) is 0 Å². The minimum absolute atomic E-state index is 1.37. The van der Waals surface area contributed by atoms with Crippen LogP contribution in [0, 0.1) is 0 Å². The van der Waals surface area contributed by atoms with Crippen molar-refractivity contribution in [1.82, 2.24) is 0 Å². The van der Waals surface area contributed by atoms with Gasteiger partial charge in [-0.1, -0.05) is 117 Å². The van der Waals surface area contributed by atoms with Gasteiger partial charge in [-0.25, -0.2) is 0 Å². The summed E-state index contributed by atoms with van der Waals surface area (Å²) >= 11 is 0. The average Bonchev–Trinajstić information content (AvgIpc) is 2.50. The maximum Gasteiger partial charge on any atom is -0.00391 e. The van der Waals surface area contributed by atoms with Crippen LogP contribution in [-0.4, -0.2) is 4.89 Å². The second-order valence-corrected chi connectivity index (χ2v) is 5.95. The van der Waals surface area contributed by atoms with E-state index in [1.165, 1.54) is 112 Å². The van der Waals surface area contributed by atoms with Gasteiger partial charge in [0.25, 0.3) is 0 Å². The van der Waals surface area contributed by atoms with Gasteiger partial charge in [0.05, 0.1) is 0 Å². The van der Waals surface area contributed by atoms with E-state index in [1.54, 1.807) is 0 Å². The Morgan fingerprint density at radius 3 is 0.700 bits per heavy atom. The Hall–Kier alpha value is 0.390. The van der Waals surface area contributed by atoms with Crippen molar-refractivity contribution in [2.45, 2.75) is 117 Å². The van der Waals surface area contributed by atoms with E-state index < -0.39 is 0 Å². The Labute approximate surface area is 131 Å². The van der Waals surface area contributed by atoms with Crippen molar-refractivity contribution in [3.8, 4) is 0 Å². The van der Waals surface area contributed by atoms with E-state index in [2.05, 4.69) is 13.8 Å². The first-order valence-electron chi connectivity index (χ1n) is 9.17. The molecule has 1 atom stereocenters. The molecule has 0 rings (SSSR count). The third-order valence-corrected chi connectivity index (χ3v) is 3.96. The highest BCUT2D eigenvalue weighted by molar-refractivity contribution is 7.08. The van der Waals surface area contributed by atoms with Crippen LogP contribution in [0.4, 0.5) is 0 Å². The van der Waals surface area contributed by atoms with Crippen LogP contribution >= 0.6 is 9.47 Å². The molecule has 0 radical (unpaired) electrons. The van der Waals surface area contributed by atoms with Crippen LogP contribution < -0.4 is 0 Å². The van der Waals surface area contributed by atoms with Crippen LogP contribution in [0.1, 0.15) is 117 Å². The molecule has 0 aliphatic heterocycles. The standard InChI is InChI=1S/C18H38.H3OP/c1-3-5-7-9-11-13-15-17-18-16-14-12-10-8-6-4-2;1-2/h3-18H2,1-2H3;1H,2H2. The van der Waals surface area contributed by atoms with E-state index >= 15 is 0 Å². The summed E-state index contributed by atoms with van der Waals surface area (Å²) in [5.74, 6) is 0. The maximum absolute atomic E-state index is 6.92. The van der Waals surface area contributed by atoms with Crippen molar-refractivity contribution in [2.75, 3.05) is 0 Å². The Balaban J connectivity index is 0. The zero-order valence-electron chi connectivity index (χ0n) is 14.3. The molecule has 0 saturated carbocycles. The molecule has 0 heterocycles. The lowest BCUT2D eigenvalue weighted by Gasteiger charge is -2.03. The molecule has 0 fully saturated rings. The van der Waals surface area contributed by atoms with Crippen molar-refractivity contribution in [1.29, 1.82) is 0 Å². The fourth-order valence-electron chi connectivity index (χ4n) is 2.62. The van der Waals surface area contributed by atoms with Crippen LogP contribution in [-0.2, 0) is 0 Å². The lowest BCUT2D eigenvalue weighted by atomic mass is 10.0. The zero-order chi connectivity index (χ0) is 15.3. The maximum atomic E-state index is 6.92. The SMILES string of the molecule is CCCCCCCCCCCCCCCCCC.OP. The van der Waals surface area contributed by atoms with E-state index in [9.17, 15) is 0 Å². The Kier molecular flexibility index (Phi) is 27.7. The van der Waals surface area contributed by atoms with Crippen molar-refractivity contribution < 1.29 is 4.89 Å². The Bertz CT molecular complexity index is 123. The monoisotopic (exact) mass is 304 g/mol. The molecule has 2 heteroatoms. The fourth-order valence-corrected chi connectivity index (χ4v) is 2.62. The summed E-state index contributed by atoms with van der Waals surface area (Å²) < 4.78 is 0. The summed E-state index contributed by atoms with van der Waals surface area (Å²) in [6, 6.07) is 0. The Morgan fingerprint density at radius 1 is 0.400 bits per heavy atom. The Morgan fingerprint density at radius 2 is 0.550 bits per heavy atom. The first kappa shape index (κ1) is 22.7. The molecule has 0 bridgehead atoms. The molecule has 0 aromatic rings. The minimum atomic E-state index is 1.37. The summed E-state index contributed by atoms with van der Waals surface area (Å²) in [5.41, 5.74) is 0. The van der Waals surface area contributed by atoms with Gasteiger partial charge in [0.15, 0.2) is 0 Å². The molecule has 0 saturated heterocycles. The number of rotatable bonds is 15. The van der Waals surface area contributed by atoms with Gasteiger partial charge in [-0.15, -0.1) is 0 Å². The average molecular weight is 304 g/mol. The number of unbranched alkanes of at least 4 members (excludes halogenated alkanes) is 15. The molecule has 0 aliphatic rings. The molecule has 0 aromatic heterocycles. The molecule has 20 heavy (non-hydrogen) atoms. The van der Waals surface area contributed by atoms with Gasteiger partial charge in [0.1, 0.15) is 0 Å². The van der Waals surface area contributed by atoms with E-state index in [0.717, 1.165) is 0 Å². The summed E-state index contributed by atoms with van der Waals surface area (Å²) in [5, 5.41) is 0.